The monoisotopic (exact) mass is 764 g/mol. The lowest BCUT2D eigenvalue weighted by Crippen LogP contribution is -2.41. The number of carbonyl (C=O) groups excluding carboxylic acids is 1. The van der Waals surface area contributed by atoms with Crippen molar-refractivity contribution in [3.05, 3.63) is 111 Å². The van der Waals surface area contributed by atoms with E-state index in [2.05, 4.69) is 37.8 Å². The van der Waals surface area contributed by atoms with Crippen molar-refractivity contribution >= 4 is 46.0 Å². The number of aryl methyl sites for hydroxylation is 1. The van der Waals surface area contributed by atoms with Crippen LogP contribution in [0.2, 0.25) is 5.02 Å². The number of halogens is 1. The topological polar surface area (TPSA) is 178 Å². The number of aliphatic hydroxyl groups is 2. The summed E-state index contributed by atoms with van der Waals surface area (Å²) in [6.45, 7) is 1.00. The molecule has 8 rings (SSSR count). The van der Waals surface area contributed by atoms with Crippen molar-refractivity contribution in [3.8, 4) is 17.5 Å². The molecule has 0 bridgehead atoms. The summed E-state index contributed by atoms with van der Waals surface area (Å²) >= 11 is 7.58. The second-order valence-corrected chi connectivity index (χ2v) is 15.0. The summed E-state index contributed by atoms with van der Waals surface area (Å²) in [7, 11) is 1.54. The Morgan fingerprint density at radius 3 is 2.74 bits per heavy atom. The van der Waals surface area contributed by atoms with E-state index in [9.17, 15) is 19.8 Å². The van der Waals surface area contributed by atoms with Crippen LogP contribution in [0.3, 0.4) is 0 Å². The van der Waals surface area contributed by atoms with E-state index < -0.39 is 23.7 Å². The number of nitrogens with one attached hydrogen (secondary N) is 2. The molecule has 0 aliphatic heterocycles. The maximum Gasteiger partial charge on any atom is 0.265 e. The number of aromatic nitrogens is 8. The van der Waals surface area contributed by atoms with Crippen LogP contribution in [0.4, 0.5) is 5.82 Å². The number of hydrogen-bond acceptors (Lipinski definition) is 11. The van der Waals surface area contributed by atoms with Gasteiger partial charge in [0.15, 0.2) is 17.0 Å². The van der Waals surface area contributed by atoms with Crippen molar-refractivity contribution in [1.29, 1.82) is 0 Å². The summed E-state index contributed by atoms with van der Waals surface area (Å²) in [5.74, 6) is 6.53. The summed E-state index contributed by atoms with van der Waals surface area (Å²) in [4.78, 5) is 38.8. The average Bonchev–Trinajstić information content (AvgIpc) is 3.51. The highest BCUT2D eigenvalue weighted by Gasteiger charge is 2.75. The number of unbranched alkanes of at least 4 members (excludes halogenated alkanes) is 2. The van der Waals surface area contributed by atoms with Gasteiger partial charge in [0.1, 0.15) is 6.10 Å². The maximum atomic E-state index is 12.8. The van der Waals surface area contributed by atoms with E-state index in [0.717, 1.165) is 41.8 Å². The van der Waals surface area contributed by atoms with Gasteiger partial charge in [-0.05, 0) is 67.0 Å². The van der Waals surface area contributed by atoms with Crippen LogP contribution in [0.15, 0.2) is 77.3 Å². The van der Waals surface area contributed by atoms with E-state index in [-0.39, 0.29) is 23.2 Å². The zero-order chi connectivity index (χ0) is 37.4. The van der Waals surface area contributed by atoms with Gasteiger partial charge < -0.3 is 25.4 Å². The summed E-state index contributed by atoms with van der Waals surface area (Å²) in [6.07, 6.45) is 4.68. The molecule has 54 heavy (non-hydrogen) atoms. The molecule has 16 heteroatoms. The van der Waals surface area contributed by atoms with Crippen molar-refractivity contribution < 1.29 is 15.0 Å². The van der Waals surface area contributed by atoms with Gasteiger partial charge in [-0.1, -0.05) is 58.5 Å². The third-order valence-electron chi connectivity index (χ3n) is 10.3. The van der Waals surface area contributed by atoms with Crippen LogP contribution in [0, 0.1) is 23.2 Å². The second kappa shape index (κ2) is 14.8. The molecular weight excluding hydrogens is 728 g/mol. The van der Waals surface area contributed by atoms with E-state index in [0.29, 0.717) is 47.9 Å². The first-order valence-corrected chi connectivity index (χ1v) is 18.9. The summed E-state index contributed by atoms with van der Waals surface area (Å²) in [6, 6.07) is 16.3. The van der Waals surface area contributed by atoms with E-state index in [1.54, 1.807) is 26.3 Å². The Kier molecular flexibility index (Phi) is 9.76. The first-order chi connectivity index (χ1) is 26.2. The van der Waals surface area contributed by atoms with Crippen LogP contribution in [0.1, 0.15) is 54.4 Å². The van der Waals surface area contributed by atoms with Crippen LogP contribution in [0.5, 0.6) is 0 Å². The van der Waals surface area contributed by atoms with Crippen LogP contribution >= 0.6 is 23.1 Å². The van der Waals surface area contributed by atoms with Gasteiger partial charge in [-0.3, -0.25) is 9.59 Å². The number of nitrogens with zero attached hydrogens (tertiary/aromatic N) is 8. The SMILES string of the molecule is CNC(=O)[C@@]12C[C@@H]1[C@@H](n1cnc3c(NCc4cccc(Cl)c4)nc(C#CCCCCc4cn(Cc5ccc(-n6sccc6=O)cc5)nn4)nc31)[C@H](O)[C@@H]2O. The summed E-state index contributed by atoms with van der Waals surface area (Å²) in [5.41, 5.74) is 3.62. The first kappa shape index (κ1) is 35.6. The van der Waals surface area contributed by atoms with Crippen molar-refractivity contribution in [3.63, 3.8) is 0 Å². The Balaban J connectivity index is 0.933. The number of aliphatic hydroxyl groups excluding tert-OH is 2. The normalized spacial score (nSPS) is 21.4. The van der Waals surface area contributed by atoms with E-state index in [1.165, 1.54) is 18.6 Å². The fourth-order valence-corrected chi connectivity index (χ4v) is 8.43. The molecule has 0 spiro atoms. The number of imidazole rings is 1. The molecule has 6 aromatic rings. The fourth-order valence-electron chi connectivity index (χ4n) is 7.51. The minimum atomic E-state index is -1.21. The van der Waals surface area contributed by atoms with Gasteiger partial charge >= 0.3 is 0 Å². The molecule has 0 saturated heterocycles. The van der Waals surface area contributed by atoms with Crippen molar-refractivity contribution in [2.75, 3.05) is 12.4 Å². The molecule has 4 aromatic heterocycles. The van der Waals surface area contributed by atoms with Crippen molar-refractivity contribution in [1.82, 2.24) is 43.8 Å². The third kappa shape index (κ3) is 6.77. The van der Waals surface area contributed by atoms with Gasteiger partial charge in [0.2, 0.25) is 11.7 Å². The summed E-state index contributed by atoms with van der Waals surface area (Å²) in [5, 5.41) is 39.1. The van der Waals surface area contributed by atoms with Gasteiger partial charge in [0.25, 0.3) is 5.56 Å². The van der Waals surface area contributed by atoms with Gasteiger partial charge in [0.05, 0.1) is 41.8 Å². The lowest BCUT2D eigenvalue weighted by molar-refractivity contribution is -0.132. The second-order valence-electron chi connectivity index (χ2n) is 13.7. The predicted molar refractivity (Wildman–Crippen MR) is 203 cm³/mol. The standard InChI is InChI=1S/C38H37ClN10O4S/c1-40-37(53)38-18-28(38)32(33(51)34(38)52)48-22-42-31-35(41-19-24-7-6-8-25(39)17-24)43-29(44-36(31)48)10-5-3-2-4-9-26-21-47(46-45-26)20-23-11-13-27(14-12-23)49-30(50)15-16-54-49/h6-8,11-17,21-22,28,32-34,51-52H,2-4,9,18-20H2,1H3,(H,40,53)(H,41,43,44)/t28-,32-,33+,34+,38+/m1/s1. The first-order valence-electron chi connectivity index (χ1n) is 17.7. The van der Waals surface area contributed by atoms with Crippen molar-refractivity contribution in [2.45, 2.75) is 63.4 Å². The van der Waals surface area contributed by atoms with Gasteiger partial charge in [-0.25, -0.2) is 23.6 Å². The van der Waals surface area contributed by atoms with Crippen molar-refractivity contribution in [2.24, 2.45) is 11.3 Å². The quantitative estimate of drug-likeness (QED) is 0.106. The molecule has 2 aromatic carbocycles. The molecule has 2 aliphatic rings. The Morgan fingerprint density at radius 1 is 1.11 bits per heavy atom. The highest BCUT2D eigenvalue weighted by molar-refractivity contribution is 7.04. The molecule has 5 atom stereocenters. The molecule has 2 aliphatic carbocycles. The number of carbonyl (C=O) groups is 1. The average molecular weight is 765 g/mol. The minimum Gasteiger partial charge on any atom is -0.389 e. The number of anilines is 1. The van der Waals surface area contributed by atoms with Gasteiger partial charge in [0, 0.05) is 48.6 Å². The molecule has 276 valence electrons. The van der Waals surface area contributed by atoms with Crippen LogP contribution < -0.4 is 16.2 Å². The minimum absolute atomic E-state index is 0.0386. The van der Waals surface area contributed by atoms with Crippen LogP contribution in [0.25, 0.3) is 16.9 Å². The number of rotatable bonds is 12. The predicted octanol–water partition coefficient (Wildman–Crippen LogP) is 3.74. The Labute approximate surface area is 319 Å². The zero-order valence-corrected chi connectivity index (χ0v) is 30.8. The van der Waals surface area contributed by atoms with Gasteiger partial charge in [-0.15, -0.1) is 5.10 Å². The number of hydrogen-bond donors (Lipinski definition) is 4. The molecule has 0 radical (unpaired) electrons. The summed E-state index contributed by atoms with van der Waals surface area (Å²) < 4.78 is 5.20. The molecular formula is C38H37ClN10O4S. The number of fused-ring (bicyclic) bond motifs is 2. The van der Waals surface area contributed by atoms with E-state index >= 15 is 0 Å². The van der Waals surface area contributed by atoms with Crippen LogP contribution in [-0.2, 0) is 24.3 Å². The molecule has 4 N–H and O–H groups in total. The molecule has 1 amide bonds. The molecule has 4 heterocycles. The molecule has 2 saturated carbocycles. The third-order valence-corrected chi connectivity index (χ3v) is 11.4. The number of amides is 1. The molecule has 14 nitrogen and oxygen atoms in total. The number of benzene rings is 2. The molecule has 0 unspecified atom stereocenters. The largest absolute Gasteiger partial charge is 0.389 e. The van der Waals surface area contributed by atoms with Gasteiger partial charge in [-0.2, -0.15) is 0 Å². The zero-order valence-electron chi connectivity index (χ0n) is 29.3. The lowest BCUT2D eigenvalue weighted by Gasteiger charge is -2.23. The fraction of sp³-hybridized carbons (Fsp3) is 0.342. The van der Waals surface area contributed by atoms with E-state index in [4.69, 9.17) is 21.6 Å². The van der Waals surface area contributed by atoms with E-state index in [1.807, 2.05) is 59.4 Å². The highest BCUT2D eigenvalue weighted by Crippen LogP contribution is 2.67. The van der Waals surface area contributed by atoms with Crippen LogP contribution in [-0.4, -0.2) is 73.8 Å². The Bertz CT molecular complexity index is 2450. The highest BCUT2D eigenvalue weighted by atomic mass is 35.5. The Morgan fingerprint density at radius 2 is 1.96 bits per heavy atom. The molecule has 2 fully saturated rings. The lowest BCUT2D eigenvalue weighted by atomic mass is 9.98. The maximum absolute atomic E-state index is 12.8. The smallest absolute Gasteiger partial charge is 0.265 e. The Hall–Kier alpha value is -5.40.